The average Bonchev–Trinajstić information content (AvgIpc) is 2.72. The van der Waals surface area contributed by atoms with Crippen LogP contribution in [0.25, 0.3) is 21.9 Å². The fourth-order valence-corrected chi connectivity index (χ4v) is 4.34. The lowest BCUT2D eigenvalue weighted by molar-refractivity contribution is 0.319. The normalized spacial score (nSPS) is 20.1. The van der Waals surface area contributed by atoms with Gasteiger partial charge in [-0.1, -0.05) is 49.7 Å². The van der Waals surface area contributed by atoms with Crippen molar-refractivity contribution < 1.29 is 13.2 Å². The average molecular weight is 368 g/mol. The lowest BCUT2D eigenvalue weighted by atomic mass is 9.77. The van der Waals surface area contributed by atoms with Gasteiger partial charge in [-0.2, -0.15) is 0 Å². The molecule has 1 aliphatic carbocycles. The molecular weight excluding hydrogens is 345 g/mol. The first-order valence-electron chi connectivity index (χ1n) is 9.74. The molecule has 0 unspecified atom stereocenters. The van der Waals surface area contributed by atoms with E-state index in [2.05, 4.69) is 31.2 Å². The number of benzene rings is 3. The molecule has 1 saturated carbocycles. The van der Waals surface area contributed by atoms with Crippen LogP contribution in [0, 0.1) is 23.4 Å². The first-order valence-corrected chi connectivity index (χ1v) is 9.74. The molecule has 3 aromatic rings. The highest BCUT2D eigenvalue weighted by Crippen LogP contribution is 2.37. The summed E-state index contributed by atoms with van der Waals surface area (Å²) in [6, 6.07) is 14.5. The van der Waals surface area contributed by atoms with Crippen molar-refractivity contribution in [2.75, 3.05) is 0 Å². The first-order chi connectivity index (χ1) is 13.1. The van der Waals surface area contributed by atoms with Gasteiger partial charge in [0.25, 0.3) is 0 Å². The van der Waals surface area contributed by atoms with Crippen LogP contribution in [0.1, 0.15) is 50.5 Å². The topological polar surface area (TPSA) is 0 Å². The minimum absolute atomic E-state index is 0.0990. The van der Waals surface area contributed by atoms with Crippen LogP contribution in [0.4, 0.5) is 13.2 Å². The third-order valence-corrected chi connectivity index (χ3v) is 6.11. The van der Waals surface area contributed by atoms with Crippen molar-refractivity contribution in [3.63, 3.8) is 0 Å². The molecule has 0 spiro atoms. The first kappa shape index (κ1) is 18.1. The summed E-state index contributed by atoms with van der Waals surface area (Å²) in [5.41, 5.74) is 3.23. The van der Waals surface area contributed by atoms with E-state index >= 15 is 0 Å². The van der Waals surface area contributed by atoms with Gasteiger partial charge in [0.1, 0.15) is 0 Å². The van der Waals surface area contributed by atoms with Crippen LogP contribution >= 0.6 is 0 Å². The van der Waals surface area contributed by atoms with Gasteiger partial charge in [0.05, 0.1) is 0 Å². The van der Waals surface area contributed by atoms with Gasteiger partial charge in [0.15, 0.2) is 17.5 Å². The van der Waals surface area contributed by atoms with E-state index in [9.17, 15) is 13.2 Å². The van der Waals surface area contributed by atoms with E-state index in [1.807, 2.05) is 0 Å². The molecule has 0 aliphatic heterocycles. The van der Waals surface area contributed by atoms with E-state index < -0.39 is 17.5 Å². The predicted molar refractivity (Wildman–Crippen MR) is 104 cm³/mol. The second kappa shape index (κ2) is 7.38. The quantitative estimate of drug-likeness (QED) is 0.417. The highest BCUT2D eigenvalue weighted by molar-refractivity contribution is 5.88. The molecule has 140 valence electrons. The standard InChI is InChI=1S/C24H23F3/c1-2-15-3-5-16(6-4-15)17-7-9-18(10-8-17)19-11-12-21-20(13-19)14-22(25)24(27)23(21)26/h7-16H,2-6H2,1H3. The molecule has 3 heteroatoms. The smallest absolute Gasteiger partial charge is 0.195 e. The zero-order valence-corrected chi connectivity index (χ0v) is 15.4. The molecule has 0 nitrogen and oxygen atoms in total. The summed E-state index contributed by atoms with van der Waals surface area (Å²) < 4.78 is 40.8. The Bertz CT molecular complexity index is 952. The van der Waals surface area contributed by atoms with E-state index in [-0.39, 0.29) is 5.39 Å². The van der Waals surface area contributed by atoms with Gasteiger partial charge >= 0.3 is 0 Å². The van der Waals surface area contributed by atoms with Crippen LogP contribution < -0.4 is 0 Å². The summed E-state index contributed by atoms with van der Waals surface area (Å²) in [4.78, 5) is 0. The monoisotopic (exact) mass is 368 g/mol. The zero-order chi connectivity index (χ0) is 19.0. The Morgan fingerprint density at radius 1 is 0.778 bits per heavy atom. The number of fused-ring (bicyclic) bond motifs is 1. The van der Waals surface area contributed by atoms with Crippen LogP contribution in [-0.4, -0.2) is 0 Å². The van der Waals surface area contributed by atoms with E-state index in [1.165, 1.54) is 43.7 Å². The van der Waals surface area contributed by atoms with Crippen LogP contribution in [0.5, 0.6) is 0 Å². The number of hydrogen-bond donors (Lipinski definition) is 0. The Labute approximate surface area is 158 Å². The van der Waals surface area contributed by atoms with E-state index in [0.717, 1.165) is 23.1 Å². The van der Waals surface area contributed by atoms with Crippen LogP contribution in [0.2, 0.25) is 0 Å². The molecule has 27 heavy (non-hydrogen) atoms. The SMILES string of the molecule is CCC1CCC(c2ccc(-c3ccc4c(F)c(F)c(F)cc4c3)cc2)CC1. The lowest BCUT2D eigenvalue weighted by Crippen LogP contribution is -2.12. The Morgan fingerprint density at radius 2 is 1.44 bits per heavy atom. The second-order valence-corrected chi connectivity index (χ2v) is 7.67. The van der Waals surface area contributed by atoms with E-state index in [1.54, 1.807) is 12.1 Å². The molecule has 0 aromatic heterocycles. The molecule has 0 radical (unpaired) electrons. The van der Waals surface area contributed by atoms with Gasteiger partial charge in [0, 0.05) is 5.39 Å². The summed E-state index contributed by atoms with van der Waals surface area (Å²) in [7, 11) is 0. The van der Waals surface area contributed by atoms with Crippen LogP contribution in [0.15, 0.2) is 48.5 Å². The maximum Gasteiger partial charge on any atom is 0.195 e. The Balaban J connectivity index is 1.60. The Kier molecular flexibility index (Phi) is 4.94. The van der Waals surface area contributed by atoms with Gasteiger partial charge in [-0.25, -0.2) is 13.2 Å². The fraction of sp³-hybridized carbons (Fsp3) is 0.333. The molecule has 0 amide bonds. The van der Waals surface area contributed by atoms with Crippen molar-refractivity contribution in [3.8, 4) is 11.1 Å². The Morgan fingerprint density at radius 3 is 2.11 bits per heavy atom. The van der Waals surface area contributed by atoms with E-state index in [4.69, 9.17) is 0 Å². The number of halogens is 3. The molecule has 0 atom stereocenters. The van der Waals surface area contributed by atoms with E-state index in [0.29, 0.717) is 11.3 Å². The third kappa shape index (κ3) is 3.47. The number of rotatable bonds is 3. The third-order valence-electron chi connectivity index (χ3n) is 6.11. The van der Waals surface area contributed by atoms with Crippen molar-refractivity contribution in [2.45, 2.75) is 44.9 Å². The second-order valence-electron chi connectivity index (χ2n) is 7.67. The molecule has 1 fully saturated rings. The highest BCUT2D eigenvalue weighted by atomic mass is 19.2. The van der Waals surface area contributed by atoms with Crippen molar-refractivity contribution >= 4 is 10.8 Å². The molecule has 1 aliphatic rings. The Hall–Kier alpha value is -2.29. The zero-order valence-electron chi connectivity index (χ0n) is 15.4. The van der Waals surface area contributed by atoms with Gasteiger partial charge < -0.3 is 0 Å². The van der Waals surface area contributed by atoms with Crippen molar-refractivity contribution in [3.05, 3.63) is 71.5 Å². The van der Waals surface area contributed by atoms with Gasteiger partial charge in [-0.3, -0.25) is 0 Å². The van der Waals surface area contributed by atoms with Crippen molar-refractivity contribution in [1.82, 2.24) is 0 Å². The van der Waals surface area contributed by atoms with Crippen molar-refractivity contribution in [1.29, 1.82) is 0 Å². The molecule has 0 heterocycles. The molecule has 4 rings (SSSR count). The summed E-state index contributed by atoms with van der Waals surface area (Å²) in [5.74, 6) is -2.20. The summed E-state index contributed by atoms with van der Waals surface area (Å²) in [6.07, 6.45) is 6.39. The molecule has 0 saturated heterocycles. The molecule has 0 bridgehead atoms. The fourth-order valence-electron chi connectivity index (χ4n) is 4.34. The highest BCUT2D eigenvalue weighted by Gasteiger charge is 2.21. The number of hydrogen-bond acceptors (Lipinski definition) is 0. The summed E-state index contributed by atoms with van der Waals surface area (Å²) in [6.45, 7) is 2.27. The predicted octanol–water partition coefficient (Wildman–Crippen LogP) is 7.61. The van der Waals surface area contributed by atoms with Crippen molar-refractivity contribution in [2.24, 2.45) is 5.92 Å². The molecule has 3 aromatic carbocycles. The molecular formula is C24H23F3. The van der Waals surface area contributed by atoms with Crippen LogP contribution in [0.3, 0.4) is 0 Å². The van der Waals surface area contributed by atoms with Gasteiger partial charge in [0.2, 0.25) is 0 Å². The molecule has 0 N–H and O–H groups in total. The van der Waals surface area contributed by atoms with Gasteiger partial charge in [-0.05, 0) is 71.7 Å². The minimum Gasteiger partial charge on any atom is -0.204 e. The van der Waals surface area contributed by atoms with Crippen LogP contribution in [-0.2, 0) is 0 Å². The largest absolute Gasteiger partial charge is 0.204 e. The summed E-state index contributed by atoms with van der Waals surface area (Å²) in [5, 5.41) is 0.466. The summed E-state index contributed by atoms with van der Waals surface area (Å²) >= 11 is 0. The lowest BCUT2D eigenvalue weighted by Gasteiger charge is -2.28. The minimum atomic E-state index is -1.42. The maximum absolute atomic E-state index is 13.9. The maximum atomic E-state index is 13.9. The van der Waals surface area contributed by atoms with Gasteiger partial charge in [-0.15, -0.1) is 0 Å².